The molecule has 0 heterocycles. The average Bonchev–Trinajstić information content (AvgIpc) is 2.05. The molecule has 0 spiro atoms. The van der Waals surface area contributed by atoms with E-state index in [-0.39, 0.29) is 5.75 Å². The van der Waals surface area contributed by atoms with Crippen LogP contribution < -0.4 is 10.9 Å². The molecule has 0 bridgehead atoms. The minimum atomic E-state index is 0.146. The number of hydrazine groups is 1. The Morgan fingerprint density at radius 3 is 2.36 bits per heavy atom. The molecule has 1 aromatic rings. The van der Waals surface area contributed by atoms with E-state index < -0.39 is 0 Å². The fraction of sp³-hybridized carbons (Fsp3) is 0. The van der Waals surface area contributed by atoms with Crippen molar-refractivity contribution in [1.29, 1.82) is 0 Å². The molecule has 0 saturated carbocycles. The average molecular weight is 152 g/mol. The van der Waals surface area contributed by atoms with Crippen LogP contribution in [0.3, 0.4) is 0 Å². The van der Waals surface area contributed by atoms with Gasteiger partial charge in [-0.25, -0.2) is 5.84 Å². The van der Waals surface area contributed by atoms with E-state index in [4.69, 9.17) is 10.9 Å². The number of carbonyl (C=O) groups excluding carboxylic acids is 1. The molecule has 0 aliphatic rings. The van der Waals surface area contributed by atoms with Gasteiger partial charge in [0.25, 0.3) is 0 Å². The smallest absolute Gasteiger partial charge is 0.228 e. The quantitative estimate of drug-likeness (QED) is 0.276. The maximum Gasteiger partial charge on any atom is 0.228 e. The summed E-state index contributed by atoms with van der Waals surface area (Å²) in [5.74, 6) is 5.37. The van der Waals surface area contributed by atoms with Crippen LogP contribution in [0.1, 0.15) is 0 Å². The predicted octanol–water partition coefficient (Wildman–Crippen LogP) is 0.229. The minimum absolute atomic E-state index is 0.146. The third-order valence-corrected chi connectivity index (χ3v) is 1.26. The lowest BCUT2D eigenvalue weighted by atomic mass is 10.3. The number of hydrogen-bond donors (Lipinski definition) is 2. The van der Waals surface area contributed by atoms with E-state index in [1.165, 1.54) is 12.1 Å². The molecule has 11 heavy (non-hydrogen) atoms. The number of aromatic hydroxyl groups is 1. The van der Waals surface area contributed by atoms with E-state index in [9.17, 15) is 4.79 Å². The molecular formula is C7H8N2O2. The fourth-order valence-electron chi connectivity index (χ4n) is 0.686. The van der Waals surface area contributed by atoms with Gasteiger partial charge in [0.2, 0.25) is 6.41 Å². The van der Waals surface area contributed by atoms with Crippen LogP contribution in [0.15, 0.2) is 24.3 Å². The zero-order chi connectivity index (χ0) is 8.27. The van der Waals surface area contributed by atoms with E-state index in [2.05, 4.69) is 0 Å². The highest BCUT2D eigenvalue weighted by molar-refractivity contribution is 5.73. The van der Waals surface area contributed by atoms with E-state index in [1.807, 2.05) is 0 Å². The summed E-state index contributed by atoms with van der Waals surface area (Å²) < 4.78 is 0. The first kappa shape index (κ1) is 7.56. The van der Waals surface area contributed by atoms with Crippen molar-refractivity contribution < 1.29 is 9.90 Å². The maximum absolute atomic E-state index is 10.1. The van der Waals surface area contributed by atoms with Crippen LogP contribution >= 0.6 is 0 Å². The van der Waals surface area contributed by atoms with Crippen molar-refractivity contribution in [2.45, 2.75) is 0 Å². The highest BCUT2D eigenvalue weighted by Crippen LogP contribution is 2.14. The van der Waals surface area contributed by atoms with Crippen molar-refractivity contribution >= 4 is 12.1 Å². The van der Waals surface area contributed by atoms with Gasteiger partial charge in [0, 0.05) is 0 Å². The van der Waals surface area contributed by atoms with Crippen LogP contribution in [-0.4, -0.2) is 11.5 Å². The number of carbonyl (C=O) groups is 1. The molecule has 0 aromatic heterocycles. The molecule has 1 aromatic carbocycles. The molecule has 0 unspecified atom stereocenters. The Bertz CT molecular complexity index is 245. The van der Waals surface area contributed by atoms with Gasteiger partial charge in [-0.15, -0.1) is 0 Å². The minimum Gasteiger partial charge on any atom is -0.508 e. The largest absolute Gasteiger partial charge is 0.508 e. The van der Waals surface area contributed by atoms with Gasteiger partial charge in [-0.2, -0.15) is 0 Å². The number of hydrogen-bond acceptors (Lipinski definition) is 3. The number of anilines is 1. The van der Waals surface area contributed by atoms with Gasteiger partial charge in [0.05, 0.1) is 5.69 Å². The molecule has 3 N–H and O–H groups in total. The molecule has 1 rings (SSSR count). The molecule has 4 heteroatoms. The number of benzene rings is 1. The molecule has 0 atom stereocenters. The second-order valence-corrected chi connectivity index (χ2v) is 2.03. The Morgan fingerprint density at radius 2 is 1.91 bits per heavy atom. The molecule has 0 aliphatic carbocycles. The number of phenolic OH excluding ortho intramolecular Hbond substituents is 1. The number of rotatable bonds is 2. The first-order valence-electron chi connectivity index (χ1n) is 3.02. The molecule has 0 radical (unpaired) electrons. The summed E-state index contributed by atoms with van der Waals surface area (Å²) in [5, 5.41) is 9.79. The Kier molecular flexibility index (Phi) is 2.08. The fourth-order valence-corrected chi connectivity index (χ4v) is 0.686. The summed E-state index contributed by atoms with van der Waals surface area (Å²) in [6.45, 7) is 0. The van der Waals surface area contributed by atoms with Crippen molar-refractivity contribution in [2.75, 3.05) is 5.01 Å². The summed E-state index contributed by atoms with van der Waals surface area (Å²) in [7, 11) is 0. The van der Waals surface area contributed by atoms with Gasteiger partial charge in [-0.05, 0) is 24.3 Å². The van der Waals surface area contributed by atoms with Crippen molar-refractivity contribution in [3.8, 4) is 5.75 Å². The topological polar surface area (TPSA) is 66.6 Å². The first-order chi connectivity index (χ1) is 5.24. The molecule has 58 valence electrons. The predicted molar refractivity (Wildman–Crippen MR) is 40.8 cm³/mol. The van der Waals surface area contributed by atoms with Gasteiger partial charge in [0.15, 0.2) is 0 Å². The lowest BCUT2D eigenvalue weighted by molar-refractivity contribution is -0.107. The van der Waals surface area contributed by atoms with Gasteiger partial charge in [-0.1, -0.05) is 0 Å². The van der Waals surface area contributed by atoms with Gasteiger partial charge in [-0.3, -0.25) is 9.80 Å². The Balaban J connectivity index is 2.89. The Hall–Kier alpha value is -1.55. The lowest BCUT2D eigenvalue weighted by Gasteiger charge is -2.08. The summed E-state index contributed by atoms with van der Waals surface area (Å²) >= 11 is 0. The van der Waals surface area contributed by atoms with Gasteiger partial charge >= 0.3 is 0 Å². The molecule has 0 aliphatic heterocycles. The van der Waals surface area contributed by atoms with Crippen molar-refractivity contribution in [1.82, 2.24) is 0 Å². The van der Waals surface area contributed by atoms with Crippen molar-refractivity contribution in [2.24, 2.45) is 5.84 Å². The Labute approximate surface area is 63.8 Å². The lowest BCUT2D eigenvalue weighted by Crippen LogP contribution is -2.28. The van der Waals surface area contributed by atoms with E-state index >= 15 is 0 Å². The summed E-state index contributed by atoms with van der Waals surface area (Å²) in [6, 6.07) is 6.00. The summed E-state index contributed by atoms with van der Waals surface area (Å²) in [4.78, 5) is 10.1. The van der Waals surface area contributed by atoms with Crippen LogP contribution in [0, 0.1) is 0 Å². The van der Waals surface area contributed by atoms with Crippen LogP contribution in [0.4, 0.5) is 5.69 Å². The molecule has 4 nitrogen and oxygen atoms in total. The summed E-state index contributed by atoms with van der Waals surface area (Å²) in [5.41, 5.74) is 0.540. The number of amides is 1. The second-order valence-electron chi connectivity index (χ2n) is 2.03. The van der Waals surface area contributed by atoms with Gasteiger partial charge in [0.1, 0.15) is 5.75 Å². The number of phenols is 1. The number of nitrogens with zero attached hydrogens (tertiary/aromatic N) is 1. The van der Waals surface area contributed by atoms with Crippen molar-refractivity contribution in [3.63, 3.8) is 0 Å². The highest BCUT2D eigenvalue weighted by Gasteiger charge is 1.96. The van der Waals surface area contributed by atoms with E-state index in [0.717, 1.165) is 5.01 Å². The SMILES string of the molecule is NN(C=O)c1ccc(O)cc1. The maximum atomic E-state index is 10.1. The zero-order valence-electron chi connectivity index (χ0n) is 5.77. The first-order valence-corrected chi connectivity index (χ1v) is 3.02. The molecule has 1 amide bonds. The monoisotopic (exact) mass is 152 g/mol. The van der Waals surface area contributed by atoms with Crippen LogP contribution in [0.25, 0.3) is 0 Å². The third-order valence-electron chi connectivity index (χ3n) is 1.26. The molecular weight excluding hydrogens is 144 g/mol. The van der Waals surface area contributed by atoms with Crippen LogP contribution in [0.2, 0.25) is 0 Å². The normalized spacial score (nSPS) is 9.18. The standard InChI is InChI=1S/C7H8N2O2/c8-9(5-10)6-1-3-7(11)4-2-6/h1-5,11H,8H2. The van der Waals surface area contributed by atoms with E-state index in [0.29, 0.717) is 12.1 Å². The molecule has 0 fully saturated rings. The van der Waals surface area contributed by atoms with Crippen LogP contribution in [-0.2, 0) is 4.79 Å². The van der Waals surface area contributed by atoms with Crippen LogP contribution in [0.5, 0.6) is 5.75 Å². The second kappa shape index (κ2) is 3.03. The van der Waals surface area contributed by atoms with E-state index in [1.54, 1.807) is 12.1 Å². The summed E-state index contributed by atoms with van der Waals surface area (Å²) in [6.07, 6.45) is 0.492. The third kappa shape index (κ3) is 1.68. The Morgan fingerprint density at radius 1 is 1.36 bits per heavy atom. The van der Waals surface area contributed by atoms with Gasteiger partial charge < -0.3 is 5.11 Å². The highest BCUT2D eigenvalue weighted by atomic mass is 16.3. The zero-order valence-corrected chi connectivity index (χ0v) is 5.77. The number of nitrogens with two attached hydrogens (primary N) is 1. The van der Waals surface area contributed by atoms with Crippen molar-refractivity contribution in [3.05, 3.63) is 24.3 Å². The molecule has 0 saturated heterocycles.